The van der Waals surface area contributed by atoms with E-state index < -0.39 is 29.4 Å². The standard InChI is InChI=1S/C19H23FN2O4/c1-4-19(18(25)26-6-3)14-13(16(23)22(5-2)17(14)24)15(21-19)11-7-9-12(20)10-8-11/h7-10,13-15,21H,4-6H2,1-3H3/t13-,14+,15-,19+/m0/s1. The first-order valence-corrected chi connectivity index (χ1v) is 8.96. The van der Waals surface area contributed by atoms with Crippen LogP contribution < -0.4 is 5.32 Å². The quantitative estimate of drug-likeness (QED) is 0.639. The molecule has 2 heterocycles. The Kier molecular flexibility index (Phi) is 4.84. The van der Waals surface area contributed by atoms with Crippen LogP contribution in [0, 0.1) is 17.7 Å². The summed E-state index contributed by atoms with van der Waals surface area (Å²) in [7, 11) is 0. The summed E-state index contributed by atoms with van der Waals surface area (Å²) in [5.41, 5.74) is -0.601. The summed E-state index contributed by atoms with van der Waals surface area (Å²) in [6, 6.07) is 5.21. The molecule has 4 atom stereocenters. The van der Waals surface area contributed by atoms with E-state index in [0.717, 1.165) is 0 Å². The van der Waals surface area contributed by atoms with Crippen molar-refractivity contribution in [2.24, 2.45) is 11.8 Å². The van der Waals surface area contributed by atoms with Gasteiger partial charge in [0.2, 0.25) is 11.8 Å². The number of imide groups is 1. The van der Waals surface area contributed by atoms with Crippen molar-refractivity contribution in [3.63, 3.8) is 0 Å². The lowest BCUT2D eigenvalue weighted by Crippen LogP contribution is -2.56. The van der Waals surface area contributed by atoms with Crippen LogP contribution in [-0.2, 0) is 19.1 Å². The third kappa shape index (κ3) is 2.53. The summed E-state index contributed by atoms with van der Waals surface area (Å²) < 4.78 is 18.6. The summed E-state index contributed by atoms with van der Waals surface area (Å²) in [6.07, 6.45) is 0.307. The highest BCUT2D eigenvalue weighted by atomic mass is 19.1. The Morgan fingerprint density at radius 3 is 2.38 bits per heavy atom. The smallest absolute Gasteiger partial charge is 0.327 e. The number of amides is 2. The molecular weight excluding hydrogens is 339 g/mol. The summed E-state index contributed by atoms with van der Waals surface area (Å²) in [5, 5.41) is 3.22. The maximum atomic E-state index is 13.3. The first kappa shape index (κ1) is 18.5. The number of likely N-dealkylation sites (tertiary alicyclic amines) is 1. The van der Waals surface area contributed by atoms with E-state index in [4.69, 9.17) is 4.74 Å². The molecule has 0 bridgehead atoms. The van der Waals surface area contributed by atoms with Gasteiger partial charge < -0.3 is 4.74 Å². The second kappa shape index (κ2) is 6.79. The molecule has 0 aromatic heterocycles. The van der Waals surface area contributed by atoms with Crippen LogP contribution in [0.4, 0.5) is 4.39 Å². The molecule has 7 heteroatoms. The minimum Gasteiger partial charge on any atom is -0.465 e. The Bertz CT molecular complexity index is 736. The van der Waals surface area contributed by atoms with Crippen LogP contribution in [0.15, 0.2) is 24.3 Å². The van der Waals surface area contributed by atoms with E-state index in [2.05, 4.69) is 5.32 Å². The minimum absolute atomic E-state index is 0.181. The average molecular weight is 362 g/mol. The van der Waals surface area contributed by atoms with Crippen LogP contribution in [0.1, 0.15) is 38.8 Å². The Morgan fingerprint density at radius 1 is 1.19 bits per heavy atom. The second-order valence-electron chi connectivity index (χ2n) is 6.64. The topological polar surface area (TPSA) is 75.7 Å². The number of carbonyl (C=O) groups excluding carboxylic acids is 3. The van der Waals surface area contributed by atoms with Crippen molar-refractivity contribution in [3.05, 3.63) is 35.6 Å². The zero-order valence-electron chi connectivity index (χ0n) is 15.1. The number of nitrogens with zero attached hydrogens (tertiary/aromatic N) is 1. The number of fused-ring (bicyclic) bond motifs is 1. The zero-order valence-corrected chi connectivity index (χ0v) is 15.1. The number of esters is 1. The van der Waals surface area contributed by atoms with Gasteiger partial charge in [-0.3, -0.25) is 24.6 Å². The number of ether oxygens (including phenoxy) is 1. The van der Waals surface area contributed by atoms with E-state index in [1.165, 1.54) is 17.0 Å². The van der Waals surface area contributed by atoms with Crippen LogP contribution in [-0.4, -0.2) is 41.4 Å². The fourth-order valence-corrected chi connectivity index (χ4v) is 4.25. The van der Waals surface area contributed by atoms with Crippen molar-refractivity contribution >= 4 is 17.8 Å². The van der Waals surface area contributed by atoms with Gasteiger partial charge in [0.1, 0.15) is 11.4 Å². The molecule has 140 valence electrons. The molecule has 2 fully saturated rings. The summed E-state index contributed by atoms with van der Waals surface area (Å²) in [4.78, 5) is 39.8. The molecule has 2 aliphatic rings. The first-order chi connectivity index (χ1) is 12.4. The predicted molar refractivity (Wildman–Crippen MR) is 91.3 cm³/mol. The number of halogens is 1. The molecule has 1 N–H and O–H groups in total. The average Bonchev–Trinajstić information content (AvgIpc) is 3.11. The fraction of sp³-hybridized carbons (Fsp3) is 0.526. The molecular formula is C19H23FN2O4. The molecule has 2 amide bonds. The highest BCUT2D eigenvalue weighted by Gasteiger charge is 2.67. The summed E-state index contributed by atoms with van der Waals surface area (Å²) in [6.45, 7) is 5.66. The number of nitrogens with one attached hydrogen (secondary N) is 1. The van der Waals surface area contributed by atoms with Crippen molar-refractivity contribution in [1.29, 1.82) is 0 Å². The van der Waals surface area contributed by atoms with Gasteiger partial charge in [0.15, 0.2) is 0 Å². The van der Waals surface area contributed by atoms with Gasteiger partial charge in [0, 0.05) is 12.6 Å². The molecule has 1 aromatic carbocycles. The van der Waals surface area contributed by atoms with Gasteiger partial charge in [-0.05, 0) is 38.0 Å². The minimum atomic E-state index is -1.27. The third-order valence-corrected chi connectivity index (χ3v) is 5.49. The molecule has 2 aliphatic heterocycles. The van der Waals surface area contributed by atoms with Crippen LogP contribution in [0.5, 0.6) is 0 Å². The Labute approximate surface area is 151 Å². The van der Waals surface area contributed by atoms with E-state index in [9.17, 15) is 18.8 Å². The SMILES string of the molecule is CCOC(=O)[C@]1(CC)N[C@@H](c2ccc(F)cc2)[C@H]2C(=O)N(CC)C(=O)[C@@H]21. The van der Waals surface area contributed by atoms with E-state index >= 15 is 0 Å². The lowest BCUT2D eigenvalue weighted by atomic mass is 9.78. The van der Waals surface area contributed by atoms with Crippen molar-refractivity contribution in [2.45, 2.75) is 38.8 Å². The summed E-state index contributed by atoms with van der Waals surface area (Å²) in [5.74, 6) is -3.11. The van der Waals surface area contributed by atoms with Gasteiger partial charge in [-0.15, -0.1) is 0 Å². The first-order valence-electron chi connectivity index (χ1n) is 8.96. The number of hydrogen-bond acceptors (Lipinski definition) is 5. The van der Waals surface area contributed by atoms with Crippen LogP contribution >= 0.6 is 0 Å². The van der Waals surface area contributed by atoms with E-state index in [0.29, 0.717) is 12.0 Å². The molecule has 2 saturated heterocycles. The van der Waals surface area contributed by atoms with Gasteiger partial charge in [-0.1, -0.05) is 19.1 Å². The van der Waals surface area contributed by atoms with E-state index in [1.807, 2.05) is 0 Å². The number of rotatable bonds is 5. The Hall–Kier alpha value is -2.28. The number of benzene rings is 1. The van der Waals surface area contributed by atoms with Gasteiger partial charge in [0.25, 0.3) is 0 Å². The lowest BCUT2D eigenvalue weighted by molar-refractivity contribution is -0.156. The van der Waals surface area contributed by atoms with Crippen molar-refractivity contribution in [3.8, 4) is 0 Å². The third-order valence-electron chi connectivity index (χ3n) is 5.49. The highest BCUT2D eigenvalue weighted by Crippen LogP contribution is 2.50. The predicted octanol–water partition coefficient (Wildman–Crippen LogP) is 1.80. The molecule has 3 rings (SSSR count). The summed E-state index contributed by atoms with van der Waals surface area (Å²) >= 11 is 0. The fourth-order valence-electron chi connectivity index (χ4n) is 4.25. The number of hydrogen-bond donors (Lipinski definition) is 1. The van der Waals surface area contributed by atoms with Crippen molar-refractivity contribution in [2.75, 3.05) is 13.2 Å². The highest BCUT2D eigenvalue weighted by molar-refractivity contribution is 6.09. The molecule has 6 nitrogen and oxygen atoms in total. The lowest BCUT2D eigenvalue weighted by Gasteiger charge is -2.31. The zero-order chi connectivity index (χ0) is 19.1. The van der Waals surface area contributed by atoms with Crippen LogP contribution in [0.25, 0.3) is 0 Å². The molecule has 0 unspecified atom stereocenters. The van der Waals surface area contributed by atoms with Gasteiger partial charge in [-0.2, -0.15) is 0 Å². The van der Waals surface area contributed by atoms with Gasteiger partial charge in [0.05, 0.1) is 18.4 Å². The maximum absolute atomic E-state index is 13.3. The van der Waals surface area contributed by atoms with Crippen molar-refractivity contribution < 1.29 is 23.5 Å². The second-order valence-corrected chi connectivity index (χ2v) is 6.64. The maximum Gasteiger partial charge on any atom is 0.327 e. The normalized spacial score (nSPS) is 30.6. The molecule has 0 spiro atoms. The molecule has 0 saturated carbocycles. The van der Waals surface area contributed by atoms with Gasteiger partial charge >= 0.3 is 5.97 Å². The number of carbonyl (C=O) groups is 3. The van der Waals surface area contributed by atoms with Crippen LogP contribution in [0.3, 0.4) is 0 Å². The largest absolute Gasteiger partial charge is 0.465 e. The molecule has 0 aliphatic carbocycles. The molecule has 1 aromatic rings. The van der Waals surface area contributed by atoms with Gasteiger partial charge in [-0.25, -0.2) is 4.39 Å². The molecule has 26 heavy (non-hydrogen) atoms. The van der Waals surface area contributed by atoms with Crippen molar-refractivity contribution in [1.82, 2.24) is 10.2 Å². The Balaban J connectivity index is 2.11. The van der Waals surface area contributed by atoms with E-state index in [1.54, 1.807) is 32.9 Å². The Morgan fingerprint density at radius 2 is 1.85 bits per heavy atom. The van der Waals surface area contributed by atoms with E-state index in [-0.39, 0.29) is 30.8 Å². The molecule has 0 radical (unpaired) electrons. The van der Waals surface area contributed by atoms with Crippen LogP contribution in [0.2, 0.25) is 0 Å². The monoisotopic (exact) mass is 362 g/mol.